The highest BCUT2D eigenvalue weighted by molar-refractivity contribution is 6.16. The molecule has 26 heavy (non-hydrogen) atoms. The van der Waals surface area contributed by atoms with E-state index in [-0.39, 0.29) is 23.0 Å². The summed E-state index contributed by atoms with van der Waals surface area (Å²) in [6.07, 6.45) is 2.18. The predicted molar refractivity (Wildman–Crippen MR) is 99.7 cm³/mol. The molecule has 0 bridgehead atoms. The fourth-order valence-electron chi connectivity index (χ4n) is 3.63. The summed E-state index contributed by atoms with van der Waals surface area (Å²) in [5.41, 5.74) is 1.18. The average Bonchev–Trinajstić information content (AvgIpc) is 3.01. The number of aliphatic hydroxyl groups excluding tert-OH is 1. The van der Waals surface area contributed by atoms with Crippen molar-refractivity contribution < 1.29 is 19.8 Å². The summed E-state index contributed by atoms with van der Waals surface area (Å²) in [5.74, 6) is -1.000. The van der Waals surface area contributed by atoms with Crippen molar-refractivity contribution in [1.82, 2.24) is 0 Å². The van der Waals surface area contributed by atoms with Crippen molar-refractivity contribution in [2.24, 2.45) is 5.92 Å². The van der Waals surface area contributed by atoms with E-state index < -0.39 is 12.1 Å². The third kappa shape index (κ3) is 3.63. The second-order valence-corrected chi connectivity index (χ2v) is 6.79. The number of carboxylic acids is 1. The van der Waals surface area contributed by atoms with Gasteiger partial charge in [-0.3, -0.25) is 4.79 Å². The molecule has 3 unspecified atom stereocenters. The Bertz CT molecular complexity index is 817. The van der Waals surface area contributed by atoms with Crippen molar-refractivity contribution in [3.63, 3.8) is 0 Å². The Kier molecular flexibility index (Phi) is 5.38. The van der Waals surface area contributed by atoms with Crippen LogP contribution in [0.4, 0.5) is 5.69 Å². The molecule has 5 heteroatoms. The van der Waals surface area contributed by atoms with Gasteiger partial charge < -0.3 is 15.5 Å². The predicted octanol–water partition coefficient (Wildman–Crippen LogP) is 3.58. The lowest BCUT2D eigenvalue weighted by Crippen LogP contribution is -2.28. The minimum absolute atomic E-state index is 0.0146. The maximum Gasteiger partial charge on any atom is 0.336 e. The Morgan fingerprint density at radius 3 is 2.23 bits per heavy atom. The quantitative estimate of drug-likeness (QED) is 0.691. The number of aromatic carboxylic acids is 1. The zero-order chi connectivity index (χ0) is 18.7. The Morgan fingerprint density at radius 1 is 1.00 bits per heavy atom. The second kappa shape index (κ2) is 7.70. The molecule has 1 saturated carbocycles. The van der Waals surface area contributed by atoms with Crippen LogP contribution in [0.25, 0.3) is 0 Å². The van der Waals surface area contributed by atoms with Gasteiger partial charge in [-0.25, -0.2) is 4.79 Å². The van der Waals surface area contributed by atoms with Crippen molar-refractivity contribution in [3.8, 4) is 0 Å². The van der Waals surface area contributed by atoms with E-state index in [0.717, 1.165) is 19.3 Å². The second-order valence-electron chi connectivity index (χ2n) is 6.79. The smallest absolute Gasteiger partial charge is 0.336 e. The highest BCUT2D eigenvalue weighted by atomic mass is 16.4. The molecule has 1 fully saturated rings. The number of anilines is 1. The molecule has 0 amide bonds. The van der Waals surface area contributed by atoms with Crippen molar-refractivity contribution in [2.75, 3.05) is 5.32 Å². The highest BCUT2D eigenvalue weighted by Gasteiger charge is 2.32. The maximum absolute atomic E-state index is 13.0. The third-order valence-corrected chi connectivity index (χ3v) is 5.12. The number of hydrogen-bond donors (Lipinski definition) is 3. The molecule has 0 radical (unpaired) electrons. The van der Waals surface area contributed by atoms with E-state index in [9.17, 15) is 19.8 Å². The molecule has 0 saturated heterocycles. The van der Waals surface area contributed by atoms with Gasteiger partial charge in [-0.2, -0.15) is 0 Å². The minimum atomic E-state index is -1.13. The number of para-hydroxylation sites is 1. The Labute approximate surface area is 152 Å². The van der Waals surface area contributed by atoms with Crippen LogP contribution in [0.3, 0.4) is 0 Å². The van der Waals surface area contributed by atoms with E-state index >= 15 is 0 Å². The summed E-state index contributed by atoms with van der Waals surface area (Å²) >= 11 is 0. The van der Waals surface area contributed by atoms with Crippen LogP contribution < -0.4 is 5.32 Å². The number of benzene rings is 2. The zero-order valence-electron chi connectivity index (χ0n) is 14.7. The normalized spacial score (nSPS) is 22.2. The average molecular weight is 353 g/mol. The standard InChI is InChI=1S/C21H23NO4/c1-2-13-11-18(19(23)12-13)22-17-10-6-5-9-16(17)20(24)14-7-3-4-8-15(14)21(25)26/h3-10,13,18-19,22-23H,2,11-12H2,1H3,(H,25,26). The molecule has 1 aliphatic rings. The molecule has 0 aliphatic heterocycles. The van der Waals surface area contributed by atoms with Crippen LogP contribution in [0.2, 0.25) is 0 Å². The number of carboxylic acid groups (broad SMARTS) is 1. The number of hydrogen-bond acceptors (Lipinski definition) is 4. The monoisotopic (exact) mass is 353 g/mol. The first kappa shape index (κ1) is 18.1. The van der Waals surface area contributed by atoms with E-state index in [4.69, 9.17) is 0 Å². The molecule has 5 nitrogen and oxygen atoms in total. The first-order valence-corrected chi connectivity index (χ1v) is 8.92. The number of rotatable bonds is 6. The highest BCUT2D eigenvalue weighted by Crippen LogP contribution is 2.32. The van der Waals surface area contributed by atoms with Crippen molar-refractivity contribution in [1.29, 1.82) is 0 Å². The lowest BCUT2D eigenvalue weighted by Gasteiger charge is -2.20. The third-order valence-electron chi connectivity index (χ3n) is 5.12. The van der Waals surface area contributed by atoms with Gasteiger partial charge >= 0.3 is 5.97 Å². The van der Waals surface area contributed by atoms with E-state index in [1.165, 1.54) is 12.1 Å². The van der Waals surface area contributed by atoms with Gasteiger partial charge in [0, 0.05) is 16.8 Å². The van der Waals surface area contributed by atoms with Gasteiger partial charge in [0.1, 0.15) is 0 Å². The van der Waals surface area contributed by atoms with E-state index in [2.05, 4.69) is 12.2 Å². The number of ketones is 1. The molecule has 2 aromatic carbocycles. The van der Waals surface area contributed by atoms with Crippen LogP contribution in [0.5, 0.6) is 0 Å². The summed E-state index contributed by atoms with van der Waals surface area (Å²) in [6.45, 7) is 2.11. The van der Waals surface area contributed by atoms with Gasteiger partial charge in [0.15, 0.2) is 5.78 Å². The lowest BCUT2D eigenvalue weighted by atomic mass is 9.97. The first-order chi connectivity index (χ1) is 12.5. The summed E-state index contributed by atoms with van der Waals surface area (Å²) in [5, 5.41) is 22.9. The number of carbonyl (C=O) groups is 2. The van der Waals surface area contributed by atoms with Crippen LogP contribution in [0.15, 0.2) is 48.5 Å². The SMILES string of the molecule is CCC1CC(O)C(Nc2ccccc2C(=O)c2ccccc2C(=O)O)C1. The van der Waals surface area contributed by atoms with Gasteiger partial charge in [-0.15, -0.1) is 0 Å². The van der Waals surface area contributed by atoms with Crippen LogP contribution >= 0.6 is 0 Å². The molecular formula is C21H23NO4. The molecule has 0 aromatic heterocycles. The summed E-state index contributed by atoms with van der Waals surface area (Å²) in [7, 11) is 0. The molecule has 3 atom stereocenters. The minimum Gasteiger partial charge on any atom is -0.478 e. The number of nitrogens with one attached hydrogen (secondary N) is 1. The van der Waals surface area contributed by atoms with Crippen molar-refractivity contribution >= 4 is 17.4 Å². The topological polar surface area (TPSA) is 86.6 Å². The van der Waals surface area contributed by atoms with Gasteiger partial charge in [0.05, 0.1) is 17.7 Å². The van der Waals surface area contributed by atoms with Crippen LogP contribution in [-0.4, -0.2) is 34.1 Å². The Hall–Kier alpha value is -2.66. The molecule has 136 valence electrons. The van der Waals surface area contributed by atoms with E-state index in [1.54, 1.807) is 30.3 Å². The zero-order valence-corrected chi connectivity index (χ0v) is 14.7. The van der Waals surface area contributed by atoms with Crippen molar-refractivity contribution in [3.05, 3.63) is 65.2 Å². The maximum atomic E-state index is 13.0. The van der Waals surface area contributed by atoms with Crippen LogP contribution in [-0.2, 0) is 0 Å². The number of carbonyl (C=O) groups excluding carboxylic acids is 1. The van der Waals surface area contributed by atoms with Crippen LogP contribution in [0, 0.1) is 5.92 Å². The molecule has 3 N–H and O–H groups in total. The molecule has 3 rings (SSSR count). The van der Waals surface area contributed by atoms with Gasteiger partial charge in [0.2, 0.25) is 0 Å². The fraction of sp³-hybridized carbons (Fsp3) is 0.333. The first-order valence-electron chi connectivity index (χ1n) is 8.92. The molecule has 0 spiro atoms. The van der Waals surface area contributed by atoms with E-state index in [0.29, 0.717) is 17.2 Å². The van der Waals surface area contributed by atoms with Crippen molar-refractivity contribution in [2.45, 2.75) is 38.3 Å². The van der Waals surface area contributed by atoms with Gasteiger partial charge in [0.25, 0.3) is 0 Å². The largest absolute Gasteiger partial charge is 0.478 e. The van der Waals surface area contributed by atoms with E-state index in [1.807, 2.05) is 6.07 Å². The lowest BCUT2D eigenvalue weighted by molar-refractivity contribution is 0.0693. The molecular weight excluding hydrogens is 330 g/mol. The Morgan fingerprint density at radius 2 is 1.62 bits per heavy atom. The van der Waals surface area contributed by atoms with Gasteiger partial charge in [-0.05, 0) is 37.0 Å². The summed E-state index contributed by atoms with van der Waals surface area (Å²) in [4.78, 5) is 24.4. The van der Waals surface area contributed by atoms with Gasteiger partial charge in [-0.1, -0.05) is 43.7 Å². The molecule has 0 heterocycles. The Balaban J connectivity index is 1.91. The fourth-order valence-corrected chi connectivity index (χ4v) is 3.63. The summed E-state index contributed by atoms with van der Waals surface area (Å²) < 4.78 is 0. The van der Waals surface area contributed by atoms with Crippen LogP contribution in [0.1, 0.15) is 52.5 Å². The molecule has 2 aromatic rings. The molecule has 1 aliphatic carbocycles. The summed E-state index contributed by atoms with van der Waals surface area (Å²) in [6, 6.07) is 13.2. The number of aliphatic hydroxyl groups is 1.